The fraction of sp³-hybridized carbons (Fsp3) is 0.300. The highest BCUT2D eigenvalue weighted by Gasteiger charge is 2.29. The number of hydrogen-bond donors (Lipinski definition) is 0. The van der Waals surface area contributed by atoms with E-state index in [2.05, 4.69) is 36.2 Å². The summed E-state index contributed by atoms with van der Waals surface area (Å²) in [5, 5.41) is 0.787. The number of ether oxygens (including phenoxy) is 1. The molecule has 1 aliphatic rings. The fourth-order valence-corrected chi connectivity index (χ4v) is 3.67. The third-order valence-corrected chi connectivity index (χ3v) is 5.01. The Balaban J connectivity index is 1.59. The van der Waals surface area contributed by atoms with Crippen molar-refractivity contribution in [2.24, 2.45) is 4.99 Å². The maximum Gasteiger partial charge on any atom is 0.269 e. The first-order chi connectivity index (χ1) is 12.1. The van der Waals surface area contributed by atoms with E-state index in [1.807, 2.05) is 30.3 Å². The third kappa shape index (κ3) is 4.63. The molecule has 2 aromatic carbocycles. The quantitative estimate of drug-likeness (QED) is 0.818. The van der Waals surface area contributed by atoms with E-state index < -0.39 is 6.10 Å². The van der Waals surface area contributed by atoms with E-state index in [4.69, 9.17) is 4.74 Å². The number of aryl methyl sites for hydroxylation is 1. The molecule has 0 N–H and O–H groups in total. The second-order valence-corrected chi connectivity index (χ2v) is 6.95. The third-order valence-electron chi connectivity index (χ3n) is 3.92. The Labute approximate surface area is 152 Å². The number of para-hydroxylation sites is 1. The van der Waals surface area contributed by atoms with Crippen molar-refractivity contribution in [2.75, 3.05) is 13.1 Å². The number of benzene rings is 2. The zero-order valence-corrected chi connectivity index (χ0v) is 15.3. The Hall–Kier alpha value is -2.27. The van der Waals surface area contributed by atoms with Crippen LogP contribution in [0.25, 0.3) is 0 Å². The molecule has 130 valence electrons. The van der Waals surface area contributed by atoms with Crippen LogP contribution in [-0.2, 0) is 10.5 Å². The summed E-state index contributed by atoms with van der Waals surface area (Å²) in [6.07, 6.45) is -0.537. The minimum absolute atomic E-state index is 0.0446. The van der Waals surface area contributed by atoms with Crippen molar-refractivity contribution in [3.05, 3.63) is 65.7 Å². The normalized spacial score (nSPS) is 15.0. The van der Waals surface area contributed by atoms with Crippen molar-refractivity contribution in [1.82, 2.24) is 4.90 Å². The molecule has 1 heterocycles. The van der Waals surface area contributed by atoms with Crippen molar-refractivity contribution in [3.8, 4) is 5.75 Å². The molecule has 0 aromatic heterocycles. The molecule has 4 nitrogen and oxygen atoms in total. The molecule has 0 saturated heterocycles. The van der Waals surface area contributed by atoms with Crippen LogP contribution in [0.3, 0.4) is 0 Å². The zero-order chi connectivity index (χ0) is 17.6. The molecular weight excluding hydrogens is 332 g/mol. The number of amides is 1. The Morgan fingerprint density at radius 3 is 2.80 bits per heavy atom. The van der Waals surface area contributed by atoms with Gasteiger partial charge in [-0.3, -0.25) is 14.7 Å². The summed E-state index contributed by atoms with van der Waals surface area (Å²) in [4.78, 5) is 19.0. The van der Waals surface area contributed by atoms with Crippen LogP contribution in [0.2, 0.25) is 0 Å². The lowest BCUT2D eigenvalue weighted by Gasteiger charge is -2.22. The number of thioether (sulfide) groups is 1. The molecule has 3 rings (SSSR count). The van der Waals surface area contributed by atoms with Crippen LogP contribution in [0, 0.1) is 6.92 Å². The Morgan fingerprint density at radius 2 is 2.04 bits per heavy atom. The highest BCUT2D eigenvalue weighted by molar-refractivity contribution is 8.13. The van der Waals surface area contributed by atoms with E-state index in [1.165, 1.54) is 11.1 Å². The summed E-state index contributed by atoms with van der Waals surface area (Å²) in [5.41, 5.74) is 2.48. The van der Waals surface area contributed by atoms with Gasteiger partial charge >= 0.3 is 0 Å². The number of aliphatic imine (C=N–C) groups is 1. The van der Waals surface area contributed by atoms with E-state index in [9.17, 15) is 4.79 Å². The van der Waals surface area contributed by atoms with E-state index in [0.29, 0.717) is 18.8 Å². The van der Waals surface area contributed by atoms with Crippen LogP contribution in [0.15, 0.2) is 59.6 Å². The van der Waals surface area contributed by atoms with Crippen molar-refractivity contribution in [3.63, 3.8) is 0 Å². The molecular formula is C20H22N2O2S. The lowest BCUT2D eigenvalue weighted by molar-refractivity contribution is -0.133. The minimum Gasteiger partial charge on any atom is -0.481 e. The number of amidine groups is 1. The molecule has 0 unspecified atom stereocenters. The fourth-order valence-electron chi connectivity index (χ4n) is 2.68. The van der Waals surface area contributed by atoms with Gasteiger partial charge in [0.05, 0.1) is 6.54 Å². The first-order valence-electron chi connectivity index (χ1n) is 8.39. The van der Waals surface area contributed by atoms with E-state index in [0.717, 1.165) is 10.9 Å². The topological polar surface area (TPSA) is 41.9 Å². The molecule has 0 aliphatic carbocycles. The van der Waals surface area contributed by atoms with E-state index >= 15 is 0 Å². The lowest BCUT2D eigenvalue weighted by Crippen LogP contribution is -2.41. The van der Waals surface area contributed by atoms with Crippen molar-refractivity contribution < 1.29 is 9.53 Å². The Morgan fingerprint density at radius 1 is 1.24 bits per heavy atom. The molecule has 0 bridgehead atoms. The van der Waals surface area contributed by atoms with Crippen LogP contribution in [-0.4, -0.2) is 35.2 Å². The molecule has 1 atom stereocenters. The standard InChI is InChI=1S/C20H22N2O2S/c1-15-7-6-8-17(13-15)14-25-20-21-11-12-22(20)19(23)16(2)24-18-9-4-3-5-10-18/h3-10,13,16H,11-12,14H2,1-2H3/t16-/m1/s1. The molecule has 5 heteroatoms. The van der Waals surface area contributed by atoms with Gasteiger partial charge in [-0.2, -0.15) is 0 Å². The predicted octanol–water partition coefficient (Wildman–Crippen LogP) is 3.89. The average molecular weight is 354 g/mol. The second kappa shape index (κ2) is 8.21. The molecule has 25 heavy (non-hydrogen) atoms. The van der Waals surface area contributed by atoms with Crippen LogP contribution >= 0.6 is 11.8 Å². The van der Waals surface area contributed by atoms with Gasteiger partial charge < -0.3 is 4.74 Å². The Bertz CT molecular complexity index is 761. The highest BCUT2D eigenvalue weighted by atomic mass is 32.2. The van der Waals surface area contributed by atoms with Gasteiger partial charge in [-0.05, 0) is 31.5 Å². The van der Waals surface area contributed by atoms with Gasteiger partial charge in [-0.25, -0.2) is 0 Å². The summed E-state index contributed by atoms with van der Waals surface area (Å²) >= 11 is 1.61. The van der Waals surface area contributed by atoms with Gasteiger partial charge in [0.25, 0.3) is 5.91 Å². The summed E-state index contributed by atoms with van der Waals surface area (Å²) < 4.78 is 5.76. The number of nitrogens with zero attached hydrogens (tertiary/aromatic N) is 2. The first-order valence-corrected chi connectivity index (χ1v) is 9.38. The monoisotopic (exact) mass is 354 g/mol. The first kappa shape index (κ1) is 17.5. The van der Waals surface area contributed by atoms with Crippen molar-refractivity contribution >= 4 is 22.8 Å². The van der Waals surface area contributed by atoms with Crippen molar-refractivity contribution in [1.29, 1.82) is 0 Å². The lowest BCUT2D eigenvalue weighted by atomic mass is 10.2. The Kier molecular flexibility index (Phi) is 5.76. The molecule has 0 saturated carbocycles. The van der Waals surface area contributed by atoms with Gasteiger partial charge in [0, 0.05) is 12.3 Å². The largest absolute Gasteiger partial charge is 0.481 e. The van der Waals surface area contributed by atoms with Crippen LogP contribution in [0.1, 0.15) is 18.1 Å². The molecule has 2 aromatic rings. The summed E-state index contributed by atoms with van der Waals surface area (Å²) in [7, 11) is 0. The SMILES string of the molecule is Cc1cccc(CSC2=NCCN2C(=O)[C@@H](C)Oc2ccccc2)c1. The van der Waals surface area contributed by atoms with E-state index in [1.54, 1.807) is 23.6 Å². The molecule has 0 radical (unpaired) electrons. The second-order valence-electron chi connectivity index (χ2n) is 6.01. The number of carbonyl (C=O) groups excluding carboxylic acids is 1. The number of rotatable bonds is 5. The molecule has 1 aliphatic heterocycles. The number of hydrogen-bond acceptors (Lipinski definition) is 4. The molecule has 1 amide bonds. The summed E-state index contributed by atoms with van der Waals surface area (Å²) in [6.45, 7) is 5.15. The molecule has 0 spiro atoms. The van der Waals surface area contributed by atoms with Crippen molar-refractivity contribution in [2.45, 2.75) is 25.7 Å². The maximum absolute atomic E-state index is 12.7. The summed E-state index contributed by atoms with van der Waals surface area (Å²) in [6, 6.07) is 17.8. The maximum atomic E-state index is 12.7. The van der Waals surface area contributed by atoms with Gasteiger partial charge in [-0.15, -0.1) is 0 Å². The molecule has 0 fully saturated rings. The number of carbonyl (C=O) groups is 1. The highest BCUT2D eigenvalue weighted by Crippen LogP contribution is 2.22. The predicted molar refractivity (Wildman–Crippen MR) is 103 cm³/mol. The van der Waals surface area contributed by atoms with Crippen LogP contribution in [0.5, 0.6) is 5.75 Å². The van der Waals surface area contributed by atoms with E-state index in [-0.39, 0.29) is 5.91 Å². The smallest absolute Gasteiger partial charge is 0.269 e. The minimum atomic E-state index is -0.537. The van der Waals surface area contributed by atoms with Crippen LogP contribution < -0.4 is 4.74 Å². The van der Waals surface area contributed by atoms with Gasteiger partial charge in [0.15, 0.2) is 11.3 Å². The van der Waals surface area contributed by atoms with Gasteiger partial charge in [0.2, 0.25) is 0 Å². The van der Waals surface area contributed by atoms with Crippen LogP contribution in [0.4, 0.5) is 0 Å². The zero-order valence-electron chi connectivity index (χ0n) is 14.5. The van der Waals surface area contributed by atoms with Gasteiger partial charge in [-0.1, -0.05) is 59.8 Å². The van der Waals surface area contributed by atoms with Gasteiger partial charge in [0.1, 0.15) is 5.75 Å². The average Bonchev–Trinajstić information content (AvgIpc) is 3.08. The summed E-state index contributed by atoms with van der Waals surface area (Å²) in [5.74, 6) is 1.46.